The third-order valence-corrected chi connectivity index (χ3v) is 2.60. The van der Waals surface area contributed by atoms with Crippen molar-refractivity contribution in [3.63, 3.8) is 0 Å². The van der Waals surface area contributed by atoms with E-state index >= 15 is 0 Å². The molecule has 13 heavy (non-hydrogen) atoms. The van der Waals surface area contributed by atoms with Crippen LogP contribution in [0.25, 0.3) is 0 Å². The molecule has 0 bridgehead atoms. The van der Waals surface area contributed by atoms with Gasteiger partial charge in [0, 0.05) is 13.1 Å². The molecule has 1 fully saturated rings. The molecule has 2 rings (SSSR count). The van der Waals surface area contributed by atoms with E-state index in [9.17, 15) is 0 Å². The Labute approximate surface area is 81.6 Å². The zero-order valence-electron chi connectivity index (χ0n) is 9.05. The molecule has 0 radical (unpaired) electrons. The summed E-state index contributed by atoms with van der Waals surface area (Å²) in [5.74, 6) is 0. The third-order valence-electron chi connectivity index (χ3n) is 2.60. The Bertz CT molecular complexity index is 173. The molecule has 76 valence electrons. The van der Waals surface area contributed by atoms with Gasteiger partial charge in [-0.05, 0) is 13.3 Å². The van der Waals surface area contributed by atoms with Gasteiger partial charge in [-0.1, -0.05) is 25.5 Å². The van der Waals surface area contributed by atoms with E-state index in [-0.39, 0.29) is 0 Å². The largest absolute Gasteiger partial charge is 0.378 e. The molecule has 2 heteroatoms. The lowest BCUT2D eigenvalue weighted by Crippen LogP contribution is -2.50. The molecule has 0 aromatic carbocycles. The highest BCUT2D eigenvalue weighted by Crippen LogP contribution is 2.16. The Morgan fingerprint density at radius 1 is 1.38 bits per heavy atom. The summed E-state index contributed by atoms with van der Waals surface area (Å²) >= 11 is 0. The van der Waals surface area contributed by atoms with Crippen molar-refractivity contribution in [3.05, 3.63) is 11.6 Å². The van der Waals surface area contributed by atoms with Crippen LogP contribution in [0.5, 0.6) is 0 Å². The van der Waals surface area contributed by atoms with Crippen LogP contribution in [0.1, 0.15) is 27.2 Å². The van der Waals surface area contributed by atoms with Gasteiger partial charge < -0.3 is 4.74 Å². The SMILES string of the molecule is CC.CC1=CCN(C2COC2)CC1. The van der Waals surface area contributed by atoms with Crippen LogP contribution < -0.4 is 0 Å². The maximum Gasteiger partial charge on any atom is 0.0645 e. The third kappa shape index (κ3) is 2.82. The lowest BCUT2D eigenvalue weighted by atomic mass is 10.1. The van der Waals surface area contributed by atoms with Crippen LogP contribution in [0, 0.1) is 0 Å². The summed E-state index contributed by atoms with van der Waals surface area (Å²) in [5, 5.41) is 0. The minimum atomic E-state index is 0.722. The van der Waals surface area contributed by atoms with Crippen molar-refractivity contribution in [2.24, 2.45) is 0 Å². The Morgan fingerprint density at radius 3 is 2.46 bits per heavy atom. The van der Waals surface area contributed by atoms with Gasteiger partial charge in [0.25, 0.3) is 0 Å². The molecule has 2 heterocycles. The number of hydrogen-bond acceptors (Lipinski definition) is 2. The molecule has 2 nitrogen and oxygen atoms in total. The first-order chi connectivity index (χ1) is 6.36. The van der Waals surface area contributed by atoms with Crippen LogP contribution in [0.2, 0.25) is 0 Å². The van der Waals surface area contributed by atoms with E-state index < -0.39 is 0 Å². The molecule has 0 spiro atoms. The van der Waals surface area contributed by atoms with Gasteiger partial charge in [0.1, 0.15) is 0 Å². The summed E-state index contributed by atoms with van der Waals surface area (Å²) in [4.78, 5) is 2.51. The number of rotatable bonds is 1. The van der Waals surface area contributed by atoms with Crippen LogP contribution in [0.4, 0.5) is 0 Å². The topological polar surface area (TPSA) is 12.5 Å². The van der Waals surface area contributed by atoms with Crippen molar-refractivity contribution < 1.29 is 4.74 Å². The van der Waals surface area contributed by atoms with E-state index in [2.05, 4.69) is 17.9 Å². The zero-order valence-corrected chi connectivity index (χ0v) is 9.05. The minimum absolute atomic E-state index is 0.722. The molecule has 0 saturated carbocycles. The van der Waals surface area contributed by atoms with Crippen LogP contribution in [0.15, 0.2) is 11.6 Å². The number of nitrogens with zero attached hydrogens (tertiary/aromatic N) is 1. The Morgan fingerprint density at radius 2 is 2.08 bits per heavy atom. The molecule has 0 unspecified atom stereocenters. The van der Waals surface area contributed by atoms with Gasteiger partial charge in [-0.15, -0.1) is 0 Å². The Hall–Kier alpha value is -0.340. The van der Waals surface area contributed by atoms with Crippen molar-refractivity contribution in [2.45, 2.75) is 33.2 Å². The number of hydrogen-bond donors (Lipinski definition) is 0. The number of ether oxygens (including phenoxy) is 1. The van der Waals surface area contributed by atoms with Gasteiger partial charge in [0.05, 0.1) is 19.3 Å². The van der Waals surface area contributed by atoms with Gasteiger partial charge in [-0.3, -0.25) is 4.90 Å². The van der Waals surface area contributed by atoms with Crippen LogP contribution in [-0.4, -0.2) is 37.2 Å². The molecule has 2 aliphatic rings. The van der Waals surface area contributed by atoms with Crippen LogP contribution in [-0.2, 0) is 4.74 Å². The molecule has 0 amide bonds. The average Bonchev–Trinajstić information content (AvgIpc) is 2.09. The first-order valence-corrected chi connectivity index (χ1v) is 5.33. The average molecular weight is 183 g/mol. The lowest BCUT2D eigenvalue weighted by molar-refractivity contribution is -0.0620. The summed E-state index contributed by atoms with van der Waals surface area (Å²) in [7, 11) is 0. The van der Waals surface area contributed by atoms with Crippen LogP contribution in [0.3, 0.4) is 0 Å². The summed E-state index contributed by atoms with van der Waals surface area (Å²) < 4.78 is 5.15. The molecule has 0 aromatic rings. The van der Waals surface area contributed by atoms with Crippen molar-refractivity contribution in [2.75, 3.05) is 26.3 Å². The molecule has 0 N–H and O–H groups in total. The van der Waals surface area contributed by atoms with Gasteiger partial charge >= 0.3 is 0 Å². The van der Waals surface area contributed by atoms with E-state index in [0.717, 1.165) is 25.8 Å². The molecule has 0 atom stereocenters. The first-order valence-electron chi connectivity index (χ1n) is 5.33. The standard InChI is InChI=1S/C9H15NO.C2H6/c1-8-2-4-10(5-3-8)9-6-11-7-9;1-2/h2,9H,3-7H2,1H3;1-2H3. The fraction of sp³-hybridized carbons (Fsp3) is 0.818. The second kappa shape index (κ2) is 5.40. The summed E-state index contributed by atoms with van der Waals surface area (Å²) in [6.07, 6.45) is 3.58. The predicted molar refractivity (Wildman–Crippen MR) is 55.9 cm³/mol. The highest BCUT2D eigenvalue weighted by atomic mass is 16.5. The molecular formula is C11H21NO. The summed E-state index contributed by atoms with van der Waals surface area (Å²) in [6.45, 7) is 10.5. The van der Waals surface area contributed by atoms with Crippen molar-refractivity contribution in [1.29, 1.82) is 0 Å². The van der Waals surface area contributed by atoms with E-state index in [1.807, 2.05) is 13.8 Å². The van der Waals surface area contributed by atoms with Crippen molar-refractivity contribution >= 4 is 0 Å². The molecule has 2 aliphatic heterocycles. The van der Waals surface area contributed by atoms with Crippen LogP contribution >= 0.6 is 0 Å². The highest BCUT2D eigenvalue weighted by molar-refractivity contribution is 5.05. The van der Waals surface area contributed by atoms with Crippen molar-refractivity contribution in [3.8, 4) is 0 Å². The fourth-order valence-electron chi connectivity index (χ4n) is 1.55. The highest BCUT2D eigenvalue weighted by Gasteiger charge is 2.25. The van der Waals surface area contributed by atoms with Gasteiger partial charge in [-0.25, -0.2) is 0 Å². The van der Waals surface area contributed by atoms with E-state index in [4.69, 9.17) is 4.74 Å². The van der Waals surface area contributed by atoms with E-state index in [0.29, 0.717) is 0 Å². The molecule has 0 aliphatic carbocycles. The van der Waals surface area contributed by atoms with Gasteiger partial charge in [0.15, 0.2) is 0 Å². The second-order valence-electron chi connectivity index (χ2n) is 3.49. The van der Waals surface area contributed by atoms with E-state index in [1.165, 1.54) is 13.0 Å². The molecule has 0 aromatic heterocycles. The molecular weight excluding hydrogens is 162 g/mol. The minimum Gasteiger partial charge on any atom is -0.378 e. The van der Waals surface area contributed by atoms with Gasteiger partial charge in [0.2, 0.25) is 0 Å². The molecule has 1 saturated heterocycles. The maximum atomic E-state index is 5.15. The Kier molecular flexibility index (Phi) is 4.46. The fourth-order valence-corrected chi connectivity index (χ4v) is 1.55. The summed E-state index contributed by atoms with van der Waals surface area (Å²) in [6, 6.07) is 0.722. The first kappa shape index (κ1) is 10.7. The lowest BCUT2D eigenvalue weighted by Gasteiger charge is -2.38. The second-order valence-corrected chi connectivity index (χ2v) is 3.49. The maximum absolute atomic E-state index is 5.15. The van der Waals surface area contributed by atoms with Crippen molar-refractivity contribution in [1.82, 2.24) is 4.90 Å². The normalized spacial score (nSPS) is 24.1. The summed E-state index contributed by atoms with van der Waals surface area (Å²) in [5.41, 5.74) is 1.54. The van der Waals surface area contributed by atoms with E-state index in [1.54, 1.807) is 5.57 Å². The monoisotopic (exact) mass is 183 g/mol. The zero-order chi connectivity index (χ0) is 9.68. The smallest absolute Gasteiger partial charge is 0.0645 e. The predicted octanol–water partition coefficient (Wildman–Crippen LogP) is 2.06. The van der Waals surface area contributed by atoms with Gasteiger partial charge in [-0.2, -0.15) is 0 Å². The Balaban J connectivity index is 0.000000396. The quantitative estimate of drug-likeness (QED) is 0.577.